The number of rotatable bonds is 5. The fourth-order valence-corrected chi connectivity index (χ4v) is 1.84. The Bertz CT molecular complexity index is 542. The molecule has 0 fully saturated rings. The number of carbonyl (C=O) groups excluding carboxylic acids is 1. The van der Waals surface area contributed by atoms with Crippen LogP contribution >= 0.6 is 15.9 Å². The van der Waals surface area contributed by atoms with Crippen molar-refractivity contribution >= 4 is 22.4 Å². The number of carbonyl (C=O) groups is 1. The molecule has 0 N–H and O–H groups in total. The number of ether oxygens (including phenoxy) is 1. The van der Waals surface area contributed by atoms with Crippen LogP contribution in [0, 0.1) is 5.82 Å². The van der Waals surface area contributed by atoms with E-state index in [0.717, 1.165) is 5.56 Å². The molecule has 0 saturated heterocycles. The number of hydrogen-bond acceptors (Lipinski definition) is 4. The van der Waals surface area contributed by atoms with Crippen molar-refractivity contribution in [3.05, 3.63) is 46.2 Å². The van der Waals surface area contributed by atoms with Gasteiger partial charge in [0.05, 0.1) is 6.54 Å². The van der Waals surface area contributed by atoms with Gasteiger partial charge in [0.25, 0.3) is 6.47 Å². The highest BCUT2D eigenvalue weighted by Gasteiger charge is 2.09. The zero-order valence-electron chi connectivity index (χ0n) is 9.22. The Labute approximate surface area is 111 Å². The Balaban J connectivity index is 2.17. The lowest BCUT2D eigenvalue weighted by Gasteiger charge is -2.05. The second kappa shape index (κ2) is 5.72. The van der Waals surface area contributed by atoms with Gasteiger partial charge in [0.15, 0.2) is 12.4 Å². The number of aromatic nitrogens is 3. The van der Waals surface area contributed by atoms with Crippen LogP contribution in [0.25, 0.3) is 0 Å². The minimum atomic E-state index is -0.289. The van der Waals surface area contributed by atoms with Crippen LogP contribution in [0.15, 0.2) is 29.0 Å². The molecule has 94 valence electrons. The van der Waals surface area contributed by atoms with Crippen molar-refractivity contribution in [1.82, 2.24) is 14.8 Å². The second-order valence-electron chi connectivity index (χ2n) is 3.49. The first-order valence-electron chi connectivity index (χ1n) is 5.08. The van der Waals surface area contributed by atoms with E-state index in [1.807, 2.05) is 0 Å². The van der Waals surface area contributed by atoms with E-state index in [9.17, 15) is 9.18 Å². The van der Waals surface area contributed by atoms with Gasteiger partial charge in [-0.1, -0.05) is 12.1 Å². The highest BCUT2D eigenvalue weighted by molar-refractivity contribution is 9.10. The van der Waals surface area contributed by atoms with E-state index in [2.05, 4.69) is 30.7 Å². The van der Waals surface area contributed by atoms with Gasteiger partial charge in [-0.05, 0) is 33.6 Å². The Kier molecular flexibility index (Phi) is 4.03. The van der Waals surface area contributed by atoms with E-state index in [0.29, 0.717) is 23.6 Å². The molecule has 0 bridgehead atoms. The minimum absolute atomic E-state index is 0.0449. The predicted octanol–water partition coefficient (Wildman–Crippen LogP) is 1.90. The Morgan fingerprint density at radius 3 is 2.78 bits per heavy atom. The molecule has 2 aromatic rings. The molecule has 1 heterocycles. The van der Waals surface area contributed by atoms with Gasteiger partial charge < -0.3 is 4.74 Å². The fraction of sp³-hybridized carbons (Fsp3) is 0.182. The quantitative estimate of drug-likeness (QED) is 0.791. The summed E-state index contributed by atoms with van der Waals surface area (Å²) in [4.78, 5) is 14.2. The third kappa shape index (κ3) is 3.13. The number of nitrogens with zero attached hydrogens (tertiary/aromatic N) is 3. The average molecular weight is 314 g/mol. The second-order valence-corrected chi connectivity index (χ2v) is 4.20. The summed E-state index contributed by atoms with van der Waals surface area (Å²) >= 11 is 3.15. The summed E-state index contributed by atoms with van der Waals surface area (Å²) in [7, 11) is 0. The monoisotopic (exact) mass is 313 g/mol. The zero-order valence-corrected chi connectivity index (χ0v) is 10.8. The smallest absolute Gasteiger partial charge is 0.293 e. The molecular weight excluding hydrogens is 305 g/mol. The molecule has 0 radical (unpaired) electrons. The van der Waals surface area contributed by atoms with Crippen molar-refractivity contribution in [3.8, 4) is 0 Å². The maximum absolute atomic E-state index is 12.8. The van der Waals surface area contributed by atoms with Crippen LogP contribution in [0.3, 0.4) is 0 Å². The molecule has 5 nitrogen and oxygen atoms in total. The van der Waals surface area contributed by atoms with Crippen molar-refractivity contribution in [2.24, 2.45) is 0 Å². The molecule has 0 spiro atoms. The van der Waals surface area contributed by atoms with Crippen molar-refractivity contribution in [3.63, 3.8) is 0 Å². The van der Waals surface area contributed by atoms with Crippen LogP contribution in [0.5, 0.6) is 0 Å². The lowest BCUT2D eigenvalue weighted by molar-refractivity contribution is -0.130. The summed E-state index contributed by atoms with van der Waals surface area (Å²) in [6.45, 7) is 0.824. The summed E-state index contributed by atoms with van der Waals surface area (Å²) in [6.07, 6.45) is 0. The largest absolute Gasteiger partial charge is 0.460 e. The third-order valence-electron chi connectivity index (χ3n) is 2.25. The molecule has 1 aromatic heterocycles. The average Bonchev–Trinajstić information content (AvgIpc) is 2.70. The summed E-state index contributed by atoms with van der Waals surface area (Å²) in [5.41, 5.74) is 0.876. The molecule has 0 aliphatic rings. The summed E-state index contributed by atoms with van der Waals surface area (Å²) in [6, 6.07) is 6.08. The maximum atomic E-state index is 12.8. The first-order valence-corrected chi connectivity index (χ1v) is 5.87. The van der Waals surface area contributed by atoms with Gasteiger partial charge >= 0.3 is 0 Å². The molecular formula is C11H9BrFN3O2. The van der Waals surface area contributed by atoms with Gasteiger partial charge in [-0.25, -0.2) is 14.1 Å². The van der Waals surface area contributed by atoms with Crippen LogP contribution < -0.4 is 0 Å². The molecule has 0 aliphatic carbocycles. The standard InChI is InChI=1S/C11H9BrFN3O2/c12-11-14-10(6-18-7-17)16(15-11)5-8-1-3-9(13)4-2-8/h1-4,7H,5-6H2. The van der Waals surface area contributed by atoms with Crippen LogP contribution in [0.1, 0.15) is 11.4 Å². The molecule has 7 heteroatoms. The van der Waals surface area contributed by atoms with Gasteiger partial charge in [0, 0.05) is 0 Å². The Morgan fingerprint density at radius 2 is 2.11 bits per heavy atom. The number of hydrogen-bond donors (Lipinski definition) is 0. The summed E-state index contributed by atoms with van der Waals surface area (Å²) in [5, 5.41) is 4.11. The van der Waals surface area contributed by atoms with Gasteiger partial charge in [-0.15, -0.1) is 5.10 Å². The lowest BCUT2D eigenvalue weighted by Crippen LogP contribution is -2.08. The van der Waals surface area contributed by atoms with E-state index in [1.54, 1.807) is 16.8 Å². The van der Waals surface area contributed by atoms with E-state index in [-0.39, 0.29) is 12.4 Å². The highest BCUT2D eigenvalue weighted by atomic mass is 79.9. The van der Waals surface area contributed by atoms with E-state index in [1.165, 1.54) is 12.1 Å². The van der Waals surface area contributed by atoms with Crippen molar-refractivity contribution in [2.75, 3.05) is 0 Å². The molecule has 0 amide bonds. The lowest BCUT2D eigenvalue weighted by atomic mass is 10.2. The molecule has 18 heavy (non-hydrogen) atoms. The zero-order chi connectivity index (χ0) is 13.0. The highest BCUT2D eigenvalue weighted by Crippen LogP contribution is 2.10. The van der Waals surface area contributed by atoms with Crippen molar-refractivity contribution in [2.45, 2.75) is 13.2 Å². The molecule has 2 rings (SSSR count). The van der Waals surface area contributed by atoms with Crippen LogP contribution in [0.2, 0.25) is 0 Å². The SMILES string of the molecule is O=COCc1nc(Br)nn1Cc1ccc(F)cc1. The molecule has 0 saturated carbocycles. The molecule has 0 aliphatic heterocycles. The van der Waals surface area contributed by atoms with Gasteiger partial charge in [0.1, 0.15) is 5.82 Å². The maximum Gasteiger partial charge on any atom is 0.293 e. The molecule has 0 unspecified atom stereocenters. The third-order valence-corrected chi connectivity index (χ3v) is 2.58. The Hall–Kier alpha value is -1.76. The first kappa shape index (κ1) is 12.7. The summed E-state index contributed by atoms with van der Waals surface area (Å²) < 4.78 is 19.4. The Morgan fingerprint density at radius 1 is 1.39 bits per heavy atom. The molecule has 0 atom stereocenters. The molecule has 1 aromatic carbocycles. The van der Waals surface area contributed by atoms with Crippen molar-refractivity contribution in [1.29, 1.82) is 0 Å². The number of halogens is 2. The van der Waals surface area contributed by atoms with E-state index >= 15 is 0 Å². The van der Waals surface area contributed by atoms with Gasteiger partial charge in [-0.2, -0.15) is 0 Å². The van der Waals surface area contributed by atoms with E-state index < -0.39 is 0 Å². The van der Waals surface area contributed by atoms with Gasteiger partial charge in [0.2, 0.25) is 4.73 Å². The van der Waals surface area contributed by atoms with Gasteiger partial charge in [-0.3, -0.25) is 4.79 Å². The minimum Gasteiger partial charge on any atom is -0.460 e. The van der Waals surface area contributed by atoms with Crippen LogP contribution in [-0.4, -0.2) is 21.2 Å². The fourth-order valence-electron chi connectivity index (χ4n) is 1.45. The number of benzene rings is 1. The first-order chi connectivity index (χ1) is 8.69. The van der Waals surface area contributed by atoms with Crippen molar-refractivity contribution < 1.29 is 13.9 Å². The van der Waals surface area contributed by atoms with E-state index in [4.69, 9.17) is 0 Å². The summed E-state index contributed by atoms with van der Waals surface area (Å²) in [5.74, 6) is 0.223. The van der Waals surface area contributed by atoms with Crippen LogP contribution in [-0.2, 0) is 22.7 Å². The van der Waals surface area contributed by atoms with Crippen LogP contribution in [0.4, 0.5) is 4.39 Å². The topological polar surface area (TPSA) is 57.0 Å². The normalized spacial score (nSPS) is 10.3. The predicted molar refractivity (Wildman–Crippen MR) is 64.1 cm³/mol.